The van der Waals surface area contributed by atoms with Crippen molar-refractivity contribution >= 4 is 79.0 Å². The van der Waals surface area contributed by atoms with E-state index in [2.05, 4.69) is 49.2 Å². The fourth-order valence-corrected chi connectivity index (χ4v) is 3.12. The third-order valence-corrected chi connectivity index (χ3v) is 4.48. The van der Waals surface area contributed by atoms with E-state index in [-0.39, 0.29) is 11.0 Å². The Hall–Kier alpha value is -0.700. The molecule has 2 N–H and O–H groups in total. The zero-order valence-electron chi connectivity index (χ0n) is 10.5. The van der Waals surface area contributed by atoms with Gasteiger partial charge in [-0.1, -0.05) is 39.7 Å². The number of benzene rings is 2. The normalized spacial score (nSPS) is 10.0. The van der Waals surface area contributed by atoms with E-state index in [1.165, 1.54) is 0 Å². The number of hydrogen-bond donors (Lipinski definition) is 2. The molecule has 0 radical (unpaired) electrons. The molecule has 108 valence electrons. The van der Waals surface area contributed by atoms with Crippen molar-refractivity contribution in [1.29, 1.82) is 0 Å². The summed E-state index contributed by atoms with van der Waals surface area (Å²) in [5.41, 5.74) is 1.21. The predicted octanol–water partition coefficient (Wildman–Crippen LogP) is 4.83. The van der Waals surface area contributed by atoms with E-state index in [9.17, 15) is 4.79 Å². The van der Waals surface area contributed by atoms with Crippen LogP contribution >= 0.6 is 62.3 Å². The van der Waals surface area contributed by atoms with Gasteiger partial charge in [0, 0.05) is 8.04 Å². The quantitative estimate of drug-likeness (QED) is 0.463. The first-order valence-corrected chi connectivity index (χ1v) is 8.45. The molecule has 0 bridgehead atoms. The third kappa shape index (κ3) is 4.64. The Kier molecular flexibility index (Phi) is 5.98. The molecule has 2 aromatic carbocycles. The van der Waals surface area contributed by atoms with E-state index in [1.54, 1.807) is 24.3 Å². The van der Waals surface area contributed by atoms with Gasteiger partial charge < -0.3 is 5.32 Å². The highest BCUT2D eigenvalue weighted by Crippen LogP contribution is 2.25. The lowest BCUT2D eigenvalue weighted by Gasteiger charge is -2.11. The van der Waals surface area contributed by atoms with E-state index in [4.69, 9.17) is 23.8 Å². The Morgan fingerprint density at radius 1 is 1.24 bits per heavy atom. The Labute approximate surface area is 154 Å². The van der Waals surface area contributed by atoms with Crippen molar-refractivity contribution in [3.63, 3.8) is 0 Å². The van der Waals surface area contributed by atoms with E-state index < -0.39 is 0 Å². The summed E-state index contributed by atoms with van der Waals surface area (Å²) >= 11 is 16.6. The molecule has 0 atom stereocenters. The number of carbonyl (C=O) groups excluding carboxylic acids is 1. The van der Waals surface area contributed by atoms with Crippen LogP contribution in [-0.2, 0) is 0 Å². The van der Waals surface area contributed by atoms with E-state index in [0.29, 0.717) is 16.3 Å². The van der Waals surface area contributed by atoms with Crippen molar-refractivity contribution < 1.29 is 4.79 Å². The van der Waals surface area contributed by atoms with Crippen molar-refractivity contribution in [3.05, 3.63) is 61.1 Å². The molecule has 0 aliphatic rings. The third-order valence-electron chi connectivity index (χ3n) is 2.52. The first-order chi connectivity index (χ1) is 9.97. The van der Waals surface area contributed by atoms with Crippen molar-refractivity contribution in [2.75, 3.05) is 5.32 Å². The predicted molar refractivity (Wildman–Crippen MR) is 102 cm³/mol. The average Bonchev–Trinajstić information content (AvgIpc) is 2.42. The van der Waals surface area contributed by atoms with E-state index in [1.807, 2.05) is 18.2 Å². The molecule has 0 spiro atoms. The number of anilines is 1. The molecule has 0 unspecified atom stereocenters. The van der Waals surface area contributed by atoms with Gasteiger partial charge in [-0.2, -0.15) is 0 Å². The lowest BCUT2D eigenvalue weighted by molar-refractivity contribution is 0.0977. The van der Waals surface area contributed by atoms with Crippen LogP contribution in [0, 0.1) is 3.57 Å². The lowest BCUT2D eigenvalue weighted by Crippen LogP contribution is -2.34. The molecule has 2 rings (SSSR count). The van der Waals surface area contributed by atoms with Gasteiger partial charge in [-0.05, 0) is 65.1 Å². The molecule has 0 saturated carbocycles. The fourth-order valence-electron chi connectivity index (χ4n) is 1.56. The van der Waals surface area contributed by atoms with Crippen molar-refractivity contribution in [1.82, 2.24) is 5.32 Å². The highest BCUT2D eigenvalue weighted by Gasteiger charge is 2.11. The molecule has 0 fully saturated rings. The van der Waals surface area contributed by atoms with Crippen LogP contribution in [0.25, 0.3) is 0 Å². The second-order valence-electron chi connectivity index (χ2n) is 4.01. The summed E-state index contributed by atoms with van der Waals surface area (Å²) in [5, 5.41) is 6.24. The van der Waals surface area contributed by atoms with Crippen molar-refractivity contribution in [2.45, 2.75) is 0 Å². The summed E-state index contributed by atoms with van der Waals surface area (Å²) in [6, 6.07) is 12.6. The molecule has 0 aromatic heterocycles. The molecule has 0 heterocycles. The number of nitrogens with one attached hydrogen (secondary N) is 2. The van der Waals surface area contributed by atoms with Gasteiger partial charge in [0.2, 0.25) is 0 Å². The number of hydrogen-bond acceptors (Lipinski definition) is 2. The van der Waals surface area contributed by atoms with Crippen LogP contribution in [0.5, 0.6) is 0 Å². The SMILES string of the molecule is O=C(NC(=S)Nc1ccc(Br)cc1Cl)c1ccccc1I. The molecule has 0 saturated heterocycles. The monoisotopic (exact) mass is 494 g/mol. The summed E-state index contributed by atoms with van der Waals surface area (Å²) in [7, 11) is 0. The summed E-state index contributed by atoms with van der Waals surface area (Å²) in [5.74, 6) is -0.259. The molecule has 2 aromatic rings. The second kappa shape index (κ2) is 7.53. The number of thiocarbonyl (C=S) groups is 1. The van der Waals surface area contributed by atoms with Crippen LogP contribution in [0.2, 0.25) is 5.02 Å². The smallest absolute Gasteiger partial charge is 0.258 e. The first-order valence-electron chi connectivity index (χ1n) is 5.79. The molecular formula is C14H9BrClIN2OS. The molecule has 7 heteroatoms. The number of amides is 1. The van der Waals surface area contributed by atoms with Gasteiger partial charge >= 0.3 is 0 Å². The first kappa shape index (κ1) is 16.7. The number of rotatable bonds is 2. The van der Waals surface area contributed by atoms with E-state index in [0.717, 1.165) is 8.04 Å². The van der Waals surface area contributed by atoms with Crippen LogP contribution < -0.4 is 10.6 Å². The Morgan fingerprint density at radius 3 is 2.62 bits per heavy atom. The van der Waals surface area contributed by atoms with Crippen LogP contribution in [0.3, 0.4) is 0 Å². The zero-order chi connectivity index (χ0) is 15.4. The molecular weight excluding hydrogens is 486 g/mol. The summed E-state index contributed by atoms with van der Waals surface area (Å²) in [6.07, 6.45) is 0. The van der Waals surface area contributed by atoms with Gasteiger partial charge in [0.15, 0.2) is 5.11 Å². The Bertz CT molecular complexity index is 711. The van der Waals surface area contributed by atoms with Crippen LogP contribution in [0.1, 0.15) is 10.4 Å². The van der Waals surface area contributed by atoms with Crippen LogP contribution in [0.15, 0.2) is 46.9 Å². The van der Waals surface area contributed by atoms with Crippen LogP contribution in [-0.4, -0.2) is 11.0 Å². The number of carbonyl (C=O) groups is 1. The Morgan fingerprint density at radius 2 is 1.95 bits per heavy atom. The molecule has 21 heavy (non-hydrogen) atoms. The van der Waals surface area contributed by atoms with Crippen molar-refractivity contribution in [3.8, 4) is 0 Å². The number of halogens is 3. The molecule has 3 nitrogen and oxygen atoms in total. The lowest BCUT2D eigenvalue weighted by atomic mass is 10.2. The van der Waals surface area contributed by atoms with Crippen LogP contribution in [0.4, 0.5) is 5.69 Å². The van der Waals surface area contributed by atoms with Gasteiger partial charge in [0.05, 0.1) is 16.3 Å². The fraction of sp³-hybridized carbons (Fsp3) is 0. The molecule has 1 amide bonds. The topological polar surface area (TPSA) is 41.1 Å². The highest BCUT2D eigenvalue weighted by molar-refractivity contribution is 14.1. The zero-order valence-corrected chi connectivity index (χ0v) is 15.8. The summed E-state index contributed by atoms with van der Waals surface area (Å²) < 4.78 is 1.73. The Balaban J connectivity index is 2.05. The maximum atomic E-state index is 12.1. The van der Waals surface area contributed by atoms with Gasteiger partial charge in [-0.3, -0.25) is 10.1 Å². The largest absolute Gasteiger partial charge is 0.331 e. The van der Waals surface area contributed by atoms with Gasteiger partial charge in [-0.15, -0.1) is 0 Å². The second-order valence-corrected chi connectivity index (χ2v) is 6.91. The average molecular weight is 496 g/mol. The maximum absolute atomic E-state index is 12.1. The van der Waals surface area contributed by atoms with Crippen molar-refractivity contribution in [2.24, 2.45) is 0 Å². The summed E-state index contributed by atoms with van der Waals surface area (Å²) in [6.45, 7) is 0. The van der Waals surface area contributed by atoms with Gasteiger partial charge in [0.25, 0.3) is 5.91 Å². The summed E-state index contributed by atoms with van der Waals surface area (Å²) in [4.78, 5) is 12.1. The van der Waals surface area contributed by atoms with Gasteiger partial charge in [-0.25, -0.2) is 0 Å². The maximum Gasteiger partial charge on any atom is 0.258 e. The standard InChI is InChI=1S/C14H9BrClIN2OS/c15-8-5-6-12(10(16)7-8)18-14(21)19-13(20)9-3-1-2-4-11(9)17/h1-7H,(H2,18,19,20,21). The minimum atomic E-state index is -0.259. The molecule has 0 aliphatic carbocycles. The highest BCUT2D eigenvalue weighted by atomic mass is 127. The minimum Gasteiger partial charge on any atom is -0.331 e. The molecule has 0 aliphatic heterocycles. The minimum absolute atomic E-state index is 0.198. The van der Waals surface area contributed by atoms with Gasteiger partial charge in [0.1, 0.15) is 0 Å². The van der Waals surface area contributed by atoms with E-state index >= 15 is 0 Å².